The second-order valence-corrected chi connectivity index (χ2v) is 5.49. The number of anilines is 1. The molecule has 0 atom stereocenters. The van der Waals surface area contributed by atoms with E-state index in [9.17, 15) is 4.79 Å². The van der Waals surface area contributed by atoms with Crippen LogP contribution >= 0.6 is 0 Å². The summed E-state index contributed by atoms with van der Waals surface area (Å²) < 4.78 is 6.63. The van der Waals surface area contributed by atoms with Crippen molar-refractivity contribution in [3.63, 3.8) is 0 Å². The van der Waals surface area contributed by atoms with Gasteiger partial charge in [0, 0.05) is 6.54 Å². The van der Waals surface area contributed by atoms with E-state index in [1.807, 2.05) is 11.5 Å². The van der Waals surface area contributed by atoms with E-state index in [4.69, 9.17) is 5.73 Å². The Labute approximate surface area is 107 Å². The molecule has 1 aromatic heterocycles. The molecular formula is C13H21N3O2. The van der Waals surface area contributed by atoms with Crippen LogP contribution in [0.25, 0.3) is 0 Å². The van der Waals surface area contributed by atoms with Crippen LogP contribution in [0.3, 0.4) is 0 Å². The number of rotatable bonds is 4. The van der Waals surface area contributed by atoms with Gasteiger partial charge in [-0.05, 0) is 31.1 Å². The summed E-state index contributed by atoms with van der Waals surface area (Å²) >= 11 is 0. The highest BCUT2D eigenvalue weighted by atomic mass is 16.5. The summed E-state index contributed by atoms with van der Waals surface area (Å²) in [5.74, 6) is 1.34. The van der Waals surface area contributed by atoms with E-state index in [0.717, 1.165) is 12.4 Å². The summed E-state index contributed by atoms with van der Waals surface area (Å²) in [6, 6.07) is 0. The minimum atomic E-state index is -0.469. The van der Waals surface area contributed by atoms with Gasteiger partial charge >= 0.3 is 5.97 Å². The van der Waals surface area contributed by atoms with Gasteiger partial charge in [-0.15, -0.1) is 0 Å². The standard InChI is InChI=1S/C13H21N3O2/c1-8(2)13(5-6-13)7-16-9(3)15-10(11(16)14)12(17)18-4/h8H,5-7,14H2,1-4H3. The molecule has 1 aliphatic carbocycles. The van der Waals surface area contributed by atoms with E-state index in [1.165, 1.54) is 20.0 Å². The molecule has 5 heteroatoms. The van der Waals surface area contributed by atoms with Crippen LogP contribution in [-0.2, 0) is 11.3 Å². The third kappa shape index (κ3) is 1.98. The van der Waals surface area contributed by atoms with Gasteiger partial charge in [0.1, 0.15) is 11.6 Å². The number of ether oxygens (including phenoxy) is 1. The molecule has 1 saturated carbocycles. The molecule has 0 radical (unpaired) electrons. The first-order valence-electron chi connectivity index (χ1n) is 6.32. The fourth-order valence-electron chi connectivity index (χ4n) is 2.42. The fraction of sp³-hybridized carbons (Fsp3) is 0.692. The van der Waals surface area contributed by atoms with Gasteiger partial charge in [-0.3, -0.25) is 0 Å². The van der Waals surface area contributed by atoms with E-state index in [1.54, 1.807) is 0 Å². The quantitative estimate of drug-likeness (QED) is 0.831. The largest absolute Gasteiger partial charge is 0.464 e. The normalized spacial score (nSPS) is 16.9. The minimum absolute atomic E-state index is 0.231. The molecule has 5 nitrogen and oxygen atoms in total. The van der Waals surface area contributed by atoms with Crippen LogP contribution in [0.1, 0.15) is 43.0 Å². The van der Waals surface area contributed by atoms with Crippen LogP contribution in [-0.4, -0.2) is 22.6 Å². The van der Waals surface area contributed by atoms with Crippen molar-refractivity contribution >= 4 is 11.8 Å². The zero-order valence-electron chi connectivity index (χ0n) is 11.5. The SMILES string of the molecule is COC(=O)c1nc(C)n(CC2(C(C)C)CC2)c1N. The third-order valence-corrected chi connectivity index (χ3v) is 4.17. The van der Waals surface area contributed by atoms with Crippen LogP contribution in [0.15, 0.2) is 0 Å². The Morgan fingerprint density at radius 3 is 2.61 bits per heavy atom. The van der Waals surface area contributed by atoms with Crippen LogP contribution in [0.4, 0.5) is 5.82 Å². The van der Waals surface area contributed by atoms with Crippen molar-refractivity contribution in [3.05, 3.63) is 11.5 Å². The van der Waals surface area contributed by atoms with Gasteiger partial charge in [0.25, 0.3) is 0 Å². The molecule has 0 aromatic carbocycles. The molecule has 1 fully saturated rings. The van der Waals surface area contributed by atoms with Crippen LogP contribution in [0.2, 0.25) is 0 Å². The Morgan fingerprint density at radius 1 is 1.56 bits per heavy atom. The van der Waals surface area contributed by atoms with Gasteiger partial charge in [0.05, 0.1) is 7.11 Å². The average molecular weight is 251 g/mol. The van der Waals surface area contributed by atoms with Crippen molar-refractivity contribution in [2.45, 2.75) is 40.2 Å². The lowest BCUT2D eigenvalue weighted by Gasteiger charge is -2.21. The van der Waals surface area contributed by atoms with Crippen molar-refractivity contribution in [3.8, 4) is 0 Å². The number of nitrogens with zero attached hydrogens (tertiary/aromatic N) is 2. The maximum Gasteiger partial charge on any atom is 0.360 e. The van der Waals surface area contributed by atoms with Gasteiger partial charge in [-0.25, -0.2) is 9.78 Å². The van der Waals surface area contributed by atoms with E-state index >= 15 is 0 Å². The molecule has 2 N–H and O–H groups in total. The number of carbonyl (C=O) groups is 1. The molecule has 1 heterocycles. The second kappa shape index (κ2) is 4.30. The summed E-state index contributed by atoms with van der Waals surface area (Å²) in [6.45, 7) is 7.18. The average Bonchev–Trinajstić information content (AvgIpc) is 3.06. The summed E-state index contributed by atoms with van der Waals surface area (Å²) in [4.78, 5) is 15.8. The highest BCUT2D eigenvalue weighted by Gasteiger charge is 2.46. The second-order valence-electron chi connectivity index (χ2n) is 5.49. The maximum absolute atomic E-state index is 11.5. The summed E-state index contributed by atoms with van der Waals surface area (Å²) in [7, 11) is 1.34. The minimum Gasteiger partial charge on any atom is -0.464 e. The van der Waals surface area contributed by atoms with Gasteiger partial charge in [-0.2, -0.15) is 0 Å². The molecule has 1 aromatic rings. The van der Waals surface area contributed by atoms with Gasteiger partial charge in [-0.1, -0.05) is 13.8 Å². The molecule has 0 bridgehead atoms. The smallest absolute Gasteiger partial charge is 0.360 e. The number of nitrogens with two attached hydrogens (primary N) is 1. The zero-order valence-corrected chi connectivity index (χ0v) is 11.5. The molecule has 2 rings (SSSR count). The molecule has 0 spiro atoms. The van der Waals surface area contributed by atoms with Crippen LogP contribution < -0.4 is 5.73 Å². The van der Waals surface area contributed by atoms with Gasteiger partial charge in [0.2, 0.25) is 0 Å². The Balaban J connectivity index is 2.29. The van der Waals surface area contributed by atoms with Crippen LogP contribution in [0, 0.1) is 18.3 Å². The van der Waals surface area contributed by atoms with Crippen molar-refractivity contribution in [1.29, 1.82) is 0 Å². The summed E-state index contributed by atoms with van der Waals surface area (Å²) in [5, 5.41) is 0. The lowest BCUT2D eigenvalue weighted by Crippen LogP contribution is -2.20. The fourth-order valence-corrected chi connectivity index (χ4v) is 2.42. The van der Waals surface area contributed by atoms with Gasteiger partial charge in [0.15, 0.2) is 5.69 Å². The Kier molecular flexibility index (Phi) is 3.09. The number of hydrogen-bond donors (Lipinski definition) is 1. The first-order chi connectivity index (χ1) is 8.41. The lowest BCUT2D eigenvalue weighted by atomic mass is 9.92. The molecular weight excluding hydrogens is 230 g/mol. The molecule has 100 valence electrons. The molecule has 0 aliphatic heterocycles. The molecule has 0 unspecified atom stereocenters. The first-order valence-corrected chi connectivity index (χ1v) is 6.32. The molecule has 1 aliphatic rings. The van der Waals surface area contributed by atoms with E-state index in [2.05, 4.69) is 23.6 Å². The predicted molar refractivity (Wildman–Crippen MR) is 69.2 cm³/mol. The summed E-state index contributed by atoms with van der Waals surface area (Å²) in [6.07, 6.45) is 2.44. The Morgan fingerprint density at radius 2 is 2.17 bits per heavy atom. The number of hydrogen-bond acceptors (Lipinski definition) is 4. The number of imidazole rings is 1. The topological polar surface area (TPSA) is 70.1 Å². The number of esters is 1. The maximum atomic E-state index is 11.5. The van der Waals surface area contributed by atoms with Crippen molar-refractivity contribution < 1.29 is 9.53 Å². The lowest BCUT2D eigenvalue weighted by molar-refractivity contribution is 0.0595. The molecule has 0 amide bonds. The van der Waals surface area contributed by atoms with Gasteiger partial charge < -0.3 is 15.0 Å². The van der Waals surface area contributed by atoms with Crippen LogP contribution in [0.5, 0.6) is 0 Å². The monoisotopic (exact) mass is 251 g/mol. The Hall–Kier alpha value is -1.52. The number of methoxy groups -OCH3 is 1. The predicted octanol–water partition coefficient (Wildman–Crippen LogP) is 2.00. The number of aromatic nitrogens is 2. The van der Waals surface area contributed by atoms with Crippen molar-refractivity contribution in [2.75, 3.05) is 12.8 Å². The highest BCUT2D eigenvalue weighted by molar-refractivity contribution is 5.92. The molecule has 18 heavy (non-hydrogen) atoms. The number of nitrogen functional groups attached to an aromatic ring is 1. The van der Waals surface area contributed by atoms with E-state index in [0.29, 0.717) is 17.2 Å². The highest BCUT2D eigenvalue weighted by Crippen LogP contribution is 2.53. The summed E-state index contributed by atoms with van der Waals surface area (Å²) in [5.41, 5.74) is 6.57. The molecule has 0 saturated heterocycles. The number of carbonyl (C=O) groups excluding carboxylic acids is 1. The van der Waals surface area contributed by atoms with Crippen molar-refractivity contribution in [1.82, 2.24) is 9.55 Å². The first kappa shape index (κ1) is 12.9. The van der Waals surface area contributed by atoms with Crippen molar-refractivity contribution in [2.24, 2.45) is 11.3 Å². The Bertz CT molecular complexity index is 473. The van der Waals surface area contributed by atoms with E-state index < -0.39 is 5.97 Å². The van der Waals surface area contributed by atoms with E-state index in [-0.39, 0.29) is 5.69 Å². The number of aryl methyl sites for hydroxylation is 1. The zero-order chi connectivity index (χ0) is 13.5. The third-order valence-electron chi connectivity index (χ3n) is 4.17.